The van der Waals surface area contributed by atoms with Gasteiger partial charge in [-0.1, -0.05) is 17.4 Å². The lowest BCUT2D eigenvalue weighted by Crippen LogP contribution is -2.29. The van der Waals surface area contributed by atoms with Gasteiger partial charge in [0.05, 0.1) is 4.70 Å². The number of thiazole rings is 1. The monoisotopic (exact) mass is 233 g/mol. The van der Waals surface area contributed by atoms with Crippen LogP contribution in [0.4, 0.5) is 5.13 Å². The summed E-state index contributed by atoms with van der Waals surface area (Å²) >= 11 is 1.63. The molecule has 1 aliphatic rings. The SMILES string of the molecule is [O]c1cccc2sc(N3CCCCC3)nc12. The van der Waals surface area contributed by atoms with Gasteiger partial charge in [0, 0.05) is 13.1 Å². The van der Waals surface area contributed by atoms with Gasteiger partial charge in [0.2, 0.25) is 5.75 Å². The average molecular weight is 233 g/mol. The summed E-state index contributed by atoms with van der Waals surface area (Å²) in [7, 11) is 0. The molecular formula is C12H13N2OS. The lowest BCUT2D eigenvalue weighted by molar-refractivity contribution is 0.359. The third kappa shape index (κ3) is 1.63. The number of benzene rings is 1. The molecule has 0 spiro atoms. The van der Waals surface area contributed by atoms with Gasteiger partial charge in [-0.05, 0) is 31.4 Å². The van der Waals surface area contributed by atoms with Crippen LogP contribution in [0, 0.1) is 0 Å². The third-order valence-corrected chi connectivity index (χ3v) is 4.08. The number of hydrogen-bond donors (Lipinski definition) is 0. The van der Waals surface area contributed by atoms with Crippen LogP contribution in [-0.4, -0.2) is 18.1 Å². The van der Waals surface area contributed by atoms with Gasteiger partial charge in [-0.15, -0.1) is 0 Å². The highest BCUT2D eigenvalue weighted by Crippen LogP contribution is 2.34. The molecule has 3 rings (SSSR count). The molecule has 1 saturated heterocycles. The summed E-state index contributed by atoms with van der Waals surface area (Å²) in [6, 6.07) is 5.37. The van der Waals surface area contributed by atoms with Gasteiger partial charge in [-0.2, -0.15) is 0 Å². The number of hydrogen-bond acceptors (Lipinski definition) is 3. The van der Waals surface area contributed by atoms with Gasteiger partial charge < -0.3 is 4.90 Å². The Balaban J connectivity index is 2.01. The zero-order chi connectivity index (χ0) is 11.0. The highest BCUT2D eigenvalue weighted by atomic mass is 32.1. The van der Waals surface area contributed by atoms with E-state index < -0.39 is 0 Å². The lowest BCUT2D eigenvalue weighted by atomic mass is 10.1. The Morgan fingerprint density at radius 2 is 2.00 bits per heavy atom. The van der Waals surface area contributed by atoms with E-state index >= 15 is 0 Å². The fourth-order valence-electron chi connectivity index (χ4n) is 2.13. The van der Waals surface area contributed by atoms with Crippen molar-refractivity contribution in [2.45, 2.75) is 19.3 Å². The molecule has 16 heavy (non-hydrogen) atoms. The summed E-state index contributed by atoms with van der Waals surface area (Å²) in [5, 5.41) is 12.6. The molecule has 83 valence electrons. The molecule has 0 atom stereocenters. The fraction of sp³-hybridized carbons (Fsp3) is 0.417. The van der Waals surface area contributed by atoms with Gasteiger partial charge in [0.15, 0.2) is 5.13 Å². The lowest BCUT2D eigenvalue weighted by Gasteiger charge is -2.25. The topological polar surface area (TPSA) is 36.0 Å². The molecule has 2 aromatic rings. The second-order valence-electron chi connectivity index (χ2n) is 4.15. The molecule has 4 heteroatoms. The minimum absolute atomic E-state index is 0.0389. The van der Waals surface area contributed by atoms with Crippen molar-refractivity contribution in [3.8, 4) is 5.75 Å². The van der Waals surface area contributed by atoms with Crippen LogP contribution in [0.3, 0.4) is 0 Å². The highest BCUT2D eigenvalue weighted by molar-refractivity contribution is 7.22. The van der Waals surface area contributed by atoms with Gasteiger partial charge in [-0.25, -0.2) is 4.98 Å². The number of para-hydroxylation sites is 1. The van der Waals surface area contributed by atoms with Gasteiger partial charge >= 0.3 is 0 Å². The molecule has 1 aromatic carbocycles. The van der Waals surface area contributed by atoms with E-state index in [0.717, 1.165) is 22.9 Å². The van der Waals surface area contributed by atoms with Crippen molar-refractivity contribution >= 4 is 26.7 Å². The Bertz CT molecular complexity index is 503. The molecule has 0 bridgehead atoms. The molecule has 0 amide bonds. The molecule has 2 heterocycles. The molecule has 0 aliphatic carbocycles. The first-order valence-electron chi connectivity index (χ1n) is 5.66. The Labute approximate surface area is 98.3 Å². The molecular weight excluding hydrogens is 220 g/mol. The first kappa shape index (κ1) is 9.90. The van der Waals surface area contributed by atoms with E-state index in [1.165, 1.54) is 19.3 Å². The molecule has 3 nitrogen and oxygen atoms in total. The normalized spacial score (nSPS) is 16.9. The Kier molecular flexibility index (Phi) is 2.44. The van der Waals surface area contributed by atoms with Crippen LogP contribution in [-0.2, 0) is 5.11 Å². The third-order valence-electron chi connectivity index (χ3n) is 3.00. The predicted molar refractivity (Wildman–Crippen MR) is 65.8 cm³/mol. The predicted octanol–water partition coefficient (Wildman–Crippen LogP) is 3.43. The first-order valence-corrected chi connectivity index (χ1v) is 6.48. The van der Waals surface area contributed by atoms with Gasteiger partial charge in [0.25, 0.3) is 0 Å². The van der Waals surface area contributed by atoms with Crippen molar-refractivity contribution < 1.29 is 5.11 Å². The highest BCUT2D eigenvalue weighted by Gasteiger charge is 2.16. The van der Waals surface area contributed by atoms with E-state index in [9.17, 15) is 5.11 Å². The van der Waals surface area contributed by atoms with Crippen LogP contribution in [0.1, 0.15) is 19.3 Å². The maximum Gasteiger partial charge on any atom is 0.205 e. The van der Waals surface area contributed by atoms with Crippen LogP contribution in [0.15, 0.2) is 18.2 Å². The standard InChI is InChI=1S/C12H13N2OS/c15-9-5-4-6-10-11(9)13-12(16-10)14-7-2-1-3-8-14/h4-6H,1-3,7-8H2. The van der Waals surface area contributed by atoms with Crippen LogP contribution in [0.2, 0.25) is 0 Å². The molecule has 0 saturated carbocycles. The maximum atomic E-state index is 11.6. The summed E-state index contributed by atoms with van der Waals surface area (Å²) in [4.78, 5) is 6.77. The number of piperidine rings is 1. The molecule has 1 radical (unpaired) electrons. The molecule has 0 unspecified atom stereocenters. The van der Waals surface area contributed by atoms with Crippen LogP contribution in [0.25, 0.3) is 10.2 Å². The van der Waals surface area contributed by atoms with Gasteiger partial charge in [0.1, 0.15) is 5.52 Å². The van der Waals surface area contributed by atoms with Crippen molar-refractivity contribution in [2.24, 2.45) is 0 Å². The first-order chi connectivity index (χ1) is 7.84. The summed E-state index contributed by atoms with van der Waals surface area (Å²) in [6.07, 6.45) is 3.79. The summed E-state index contributed by atoms with van der Waals surface area (Å²) < 4.78 is 1.01. The van der Waals surface area contributed by atoms with Crippen LogP contribution in [0.5, 0.6) is 5.75 Å². The molecule has 1 aromatic heterocycles. The second kappa shape index (κ2) is 3.94. The molecule has 0 N–H and O–H groups in total. The number of anilines is 1. The largest absolute Gasteiger partial charge is 0.348 e. The van der Waals surface area contributed by atoms with E-state index in [0.29, 0.717) is 5.52 Å². The van der Waals surface area contributed by atoms with Crippen LogP contribution >= 0.6 is 11.3 Å². The second-order valence-corrected chi connectivity index (χ2v) is 5.16. The summed E-state index contributed by atoms with van der Waals surface area (Å²) in [5.74, 6) is 0.0389. The Morgan fingerprint density at radius 1 is 1.19 bits per heavy atom. The van der Waals surface area contributed by atoms with E-state index in [1.54, 1.807) is 17.4 Å². The maximum absolute atomic E-state index is 11.6. The summed E-state index contributed by atoms with van der Waals surface area (Å²) in [6.45, 7) is 2.15. The summed E-state index contributed by atoms with van der Waals surface area (Å²) in [5.41, 5.74) is 0.632. The number of rotatable bonds is 1. The van der Waals surface area contributed by atoms with Crippen molar-refractivity contribution in [3.63, 3.8) is 0 Å². The molecule has 1 aliphatic heterocycles. The quantitative estimate of drug-likeness (QED) is 0.756. The van der Waals surface area contributed by atoms with E-state index in [4.69, 9.17) is 0 Å². The van der Waals surface area contributed by atoms with E-state index in [1.807, 2.05) is 12.1 Å². The number of fused-ring (bicyclic) bond motifs is 1. The minimum atomic E-state index is 0.0389. The van der Waals surface area contributed by atoms with E-state index in [-0.39, 0.29) is 5.75 Å². The smallest absolute Gasteiger partial charge is 0.205 e. The average Bonchev–Trinajstić information content (AvgIpc) is 2.76. The van der Waals surface area contributed by atoms with Crippen molar-refractivity contribution in [3.05, 3.63) is 18.2 Å². The van der Waals surface area contributed by atoms with Gasteiger partial charge in [-0.3, -0.25) is 5.11 Å². The van der Waals surface area contributed by atoms with Crippen molar-refractivity contribution in [1.82, 2.24) is 4.98 Å². The Morgan fingerprint density at radius 3 is 2.75 bits per heavy atom. The number of nitrogens with zero attached hydrogens (tertiary/aromatic N) is 2. The zero-order valence-corrected chi connectivity index (χ0v) is 9.80. The zero-order valence-electron chi connectivity index (χ0n) is 8.98. The Hall–Kier alpha value is -1.29. The number of aromatic nitrogens is 1. The molecule has 1 fully saturated rings. The van der Waals surface area contributed by atoms with E-state index in [2.05, 4.69) is 9.88 Å². The van der Waals surface area contributed by atoms with Crippen molar-refractivity contribution in [2.75, 3.05) is 18.0 Å². The fourth-order valence-corrected chi connectivity index (χ4v) is 3.17. The van der Waals surface area contributed by atoms with Crippen LogP contribution < -0.4 is 4.90 Å². The van der Waals surface area contributed by atoms with Crippen molar-refractivity contribution in [1.29, 1.82) is 0 Å². The minimum Gasteiger partial charge on any atom is -0.348 e.